The quantitative estimate of drug-likeness (QED) is 0.0577. The van der Waals surface area contributed by atoms with E-state index in [9.17, 15) is 41.0 Å². The number of carbonyl (C=O) groups excluding carboxylic acids is 1. The molecule has 65 heavy (non-hydrogen) atoms. The third kappa shape index (κ3) is 13.6. The first kappa shape index (κ1) is 50.4. The van der Waals surface area contributed by atoms with Crippen molar-refractivity contribution >= 4 is 11.9 Å². The van der Waals surface area contributed by atoms with Crippen molar-refractivity contribution in [1.82, 2.24) is 25.7 Å². The van der Waals surface area contributed by atoms with E-state index in [1.807, 2.05) is 12.1 Å². The van der Waals surface area contributed by atoms with Crippen LogP contribution in [0.5, 0.6) is 0 Å². The number of nitrogens with two attached hydrogens (primary N) is 1. The van der Waals surface area contributed by atoms with E-state index in [2.05, 4.69) is 37.6 Å². The van der Waals surface area contributed by atoms with Crippen LogP contribution in [0.2, 0.25) is 0 Å². The number of amides is 1. The van der Waals surface area contributed by atoms with Gasteiger partial charge in [-0.15, -0.1) is 45.1 Å². The van der Waals surface area contributed by atoms with Crippen LogP contribution >= 0.6 is 0 Å². The summed E-state index contributed by atoms with van der Waals surface area (Å²) >= 11 is 0. The highest BCUT2D eigenvalue weighted by Gasteiger charge is 2.37. The first-order chi connectivity index (χ1) is 30.6. The Morgan fingerprint density at radius 1 is 0.631 bits per heavy atom. The maximum atomic E-state index is 12.8. The zero-order valence-corrected chi connectivity index (χ0v) is 35.8. The van der Waals surface area contributed by atoms with Crippen LogP contribution in [0.1, 0.15) is 85.7 Å². The van der Waals surface area contributed by atoms with Gasteiger partial charge in [0, 0.05) is 37.1 Å². The van der Waals surface area contributed by atoms with Gasteiger partial charge in [-0.05, 0) is 99.2 Å². The van der Waals surface area contributed by atoms with Crippen molar-refractivity contribution < 1.29 is 49.9 Å². The van der Waals surface area contributed by atoms with Gasteiger partial charge in [0.15, 0.2) is 0 Å². The van der Waals surface area contributed by atoms with Crippen LogP contribution in [0, 0.1) is 24.7 Å². The number of benzene rings is 4. The maximum absolute atomic E-state index is 12.8. The number of aromatic nitrogens is 4. The van der Waals surface area contributed by atoms with Gasteiger partial charge in [0.2, 0.25) is 29.5 Å². The number of carboxylic acids is 1. The highest BCUT2D eigenvalue weighted by Crippen LogP contribution is 2.34. The fraction of sp³-hybridized carbons (Fsp3) is 0.292. The van der Waals surface area contributed by atoms with Crippen molar-refractivity contribution in [2.24, 2.45) is 5.73 Å². The molecule has 0 saturated heterocycles. The van der Waals surface area contributed by atoms with E-state index >= 15 is 0 Å². The van der Waals surface area contributed by atoms with E-state index in [4.69, 9.17) is 27.4 Å². The molecule has 0 saturated carbocycles. The van der Waals surface area contributed by atoms with Gasteiger partial charge in [0.1, 0.15) is 10.8 Å². The molecule has 2 aromatic heterocycles. The molecule has 2 heterocycles. The van der Waals surface area contributed by atoms with E-state index in [0.717, 1.165) is 35.4 Å². The predicted molar refractivity (Wildman–Crippen MR) is 231 cm³/mol. The number of halogens is 6. The lowest BCUT2D eigenvalue weighted by Gasteiger charge is -2.18. The molecule has 17 heteroatoms. The van der Waals surface area contributed by atoms with E-state index in [0.29, 0.717) is 61.0 Å². The first-order valence-corrected chi connectivity index (χ1v) is 19.9. The van der Waals surface area contributed by atoms with Crippen molar-refractivity contribution in [3.63, 3.8) is 0 Å². The van der Waals surface area contributed by atoms with Gasteiger partial charge >= 0.3 is 18.3 Å². The minimum absolute atomic E-state index is 0.0284. The minimum atomic E-state index is -4.38. The number of rotatable bonds is 13. The highest BCUT2D eigenvalue weighted by atomic mass is 19.4. The summed E-state index contributed by atoms with van der Waals surface area (Å²) < 4.78 is 88.0. The average molecular weight is 901 g/mol. The lowest BCUT2D eigenvalue weighted by atomic mass is 9.92. The Labute approximate surface area is 371 Å². The normalized spacial score (nSPS) is 11.5. The zero-order chi connectivity index (χ0) is 48.0. The number of aliphatic carboxylic acids is 1. The van der Waals surface area contributed by atoms with Crippen molar-refractivity contribution in [1.29, 1.82) is 0 Å². The number of terminal acetylenes is 2. The number of hydrogen-bond donors (Lipinski definition) is 3. The summed E-state index contributed by atoms with van der Waals surface area (Å²) in [4.78, 5) is 23.9. The van der Waals surface area contributed by atoms with Gasteiger partial charge in [-0.2, -0.15) is 26.3 Å². The molecular weight excluding hydrogens is 855 g/mol. The van der Waals surface area contributed by atoms with Crippen LogP contribution in [-0.4, -0.2) is 50.5 Å². The lowest BCUT2D eigenvalue weighted by Crippen LogP contribution is -2.40. The largest absolute Gasteiger partial charge is 0.480 e. The molecule has 0 radical (unpaired) electrons. The fourth-order valence-corrected chi connectivity index (χ4v) is 5.74. The van der Waals surface area contributed by atoms with Crippen molar-refractivity contribution in [3.05, 3.63) is 142 Å². The monoisotopic (exact) mass is 900 g/mol. The van der Waals surface area contributed by atoms with Gasteiger partial charge in [-0.3, -0.25) is 9.59 Å². The number of carbonyl (C=O) groups is 2. The van der Waals surface area contributed by atoms with E-state index in [1.54, 1.807) is 50.2 Å². The Kier molecular flexibility index (Phi) is 17.0. The van der Waals surface area contributed by atoms with E-state index < -0.39 is 40.3 Å². The van der Waals surface area contributed by atoms with Crippen LogP contribution in [0.3, 0.4) is 0 Å². The summed E-state index contributed by atoms with van der Waals surface area (Å²) in [5.41, 5.74) is 5.40. The predicted octanol–water partition coefficient (Wildman–Crippen LogP) is 9.44. The first-order valence-electron chi connectivity index (χ1n) is 19.9. The Balaban J connectivity index is 0.000000259. The molecule has 0 aliphatic rings. The molecular formula is C48H46F6N6O5. The summed E-state index contributed by atoms with van der Waals surface area (Å²) in [5, 5.41) is 28.0. The second kappa shape index (κ2) is 21.9. The van der Waals surface area contributed by atoms with Crippen LogP contribution in [0.4, 0.5) is 26.3 Å². The molecule has 0 fully saturated rings. The maximum Gasteiger partial charge on any atom is 0.416 e. The number of hydrogen-bond acceptors (Lipinski definition) is 9. The fourth-order valence-electron chi connectivity index (χ4n) is 5.74. The van der Waals surface area contributed by atoms with Crippen molar-refractivity contribution in [2.75, 3.05) is 13.1 Å². The number of carboxylic acid groups (broad SMARTS) is 1. The number of nitrogens with one attached hydrogen (secondary N) is 1. The van der Waals surface area contributed by atoms with Crippen molar-refractivity contribution in [3.8, 4) is 47.6 Å². The Bertz CT molecular complexity index is 2600. The second-order valence-electron chi connectivity index (χ2n) is 15.4. The molecule has 6 aromatic rings. The SMILES string of the molecule is C#CCCN.C#CCCNC(=O)C(C)(C)c1nnc(-c2ccccc2Cc2ccc(C(F)(F)F)cc2)o1.CC(C)(C(=O)O)c1nnc(-c2ccccc2Cc2ccc(C(F)(F)F)cc2)o1. The van der Waals surface area contributed by atoms with Crippen LogP contribution < -0.4 is 11.1 Å². The topological polar surface area (TPSA) is 170 Å². The molecule has 0 aliphatic carbocycles. The third-order valence-corrected chi connectivity index (χ3v) is 9.71. The smallest absolute Gasteiger partial charge is 0.416 e. The highest BCUT2D eigenvalue weighted by molar-refractivity contribution is 5.86. The summed E-state index contributed by atoms with van der Waals surface area (Å²) in [5.74, 6) is 3.97. The van der Waals surface area contributed by atoms with Gasteiger partial charge in [0.25, 0.3) is 0 Å². The van der Waals surface area contributed by atoms with Gasteiger partial charge < -0.3 is 25.0 Å². The molecule has 6 rings (SSSR count). The second-order valence-corrected chi connectivity index (χ2v) is 15.4. The Hall–Kier alpha value is -7.24. The summed E-state index contributed by atoms with van der Waals surface area (Å²) in [6, 6.07) is 24.3. The molecule has 0 atom stereocenters. The average Bonchev–Trinajstić information content (AvgIpc) is 3.97. The molecule has 0 unspecified atom stereocenters. The van der Waals surface area contributed by atoms with Gasteiger partial charge in [0.05, 0.1) is 11.1 Å². The van der Waals surface area contributed by atoms with Gasteiger partial charge in [-0.1, -0.05) is 60.7 Å². The molecule has 4 aromatic carbocycles. The molecule has 1 amide bonds. The molecule has 11 nitrogen and oxygen atoms in total. The Morgan fingerprint density at radius 2 is 1.03 bits per heavy atom. The summed E-state index contributed by atoms with van der Waals surface area (Å²) in [6.07, 6.45) is 3.09. The minimum Gasteiger partial charge on any atom is -0.480 e. The van der Waals surface area contributed by atoms with Gasteiger partial charge in [-0.25, -0.2) is 0 Å². The van der Waals surface area contributed by atoms with Crippen molar-refractivity contribution in [2.45, 2.75) is 76.6 Å². The third-order valence-electron chi connectivity index (χ3n) is 9.71. The molecule has 0 spiro atoms. The number of nitrogens with zero attached hydrogens (tertiary/aromatic N) is 4. The molecule has 0 aliphatic heterocycles. The number of alkyl halides is 6. The molecule has 340 valence electrons. The molecule has 0 bridgehead atoms. The lowest BCUT2D eigenvalue weighted by molar-refractivity contribution is -0.143. The summed E-state index contributed by atoms with van der Waals surface area (Å²) in [7, 11) is 0. The van der Waals surface area contributed by atoms with Crippen LogP contribution in [0.15, 0.2) is 106 Å². The zero-order valence-electron chi connectivity index (χ0n) is 35.8. The standard InChI is InChI=1S/C24H22F3N3O2.C20H17F3N2O3.C4H7N/c1-4-5-14-28-21(31)23(2,3)22-30-29-20(32-22)19-9-7-6-8-17(19)15-16-10-12-18(13-11-16)24(25,26)27;1-19(2,18(26)27)17-25-24-16(28-17)15-6-4-3-5-13(15)11-12-7-9-14(10-8-12)20(21,22)23;1-2-3-4-5/h1,6-13H,5,14-15H2,2-3H3,(H,28,31);3-10H,11H2,1-2H3,(H,26,27);1H,3-5H2. The van der Waals surface area contributed by atoms with Crippen LogP contribution in [-0.2, 0) is 45.6 Å². The molecule has 4 N–H and O–H groups in total. The van der Waals surface area contributed by atoms with E-state index in [-0.39, 0.29) is 29.5 Å². The van der Waals surface area contributed by atoms with Crippen LogP contribution in [0.25, 0.3) is 22.9 Å². The summed E-state index contributed by atoms with van der Waals surface area (Å²) in [6.45, 7) is 7.21. The van der Waals surface area contributed by atoms with E-state index in [1.165, 1.54) is 38.1 Å². The Morgan fingerprint density at radius 3 is 1.38 bits per heavy atom.